The van der Waals surface area contributed by atoms with Crippen molar-refractivity contribution in [1.29, 1.82) is 0 Å². The van der Waals surface area contributed by atoms with Crippen molar-refractivity contribution in [2.24, 2.45) is 0 Å². The predicted molar refractivity (Wildman–Crippen MR) is 92.7 cm³/mol. The van der Waals surface area contributed by atoms with E-state index in [0.717, 1.165) is 13.0 Å². The number of imidazole rings is 1. The first kappa shape index (κ1) is 18.3. The van der Waals surface area contributed by atoms with Crippen LogP contribution in [0.5, 0.6) is 0 Å². The summed E-state index contributed by atoms with van der Waals surface area (Å²) in [6.07, 6.45) is 22.1. The fourth-order valence-electron chi connectivity index (χ4n) is 2.98. The van der Waals surface area contributed by atoms with Gasteiger partial charge in [0.2, 0.25) is 0 Å². The number of aryl methyl sites for hydroxylation is 2. The van der Waals surface area contributed by atoms with Crippen LogP contribution in [0.15, 0.2) is 12.4 Å². The summed E-state index contributed by atoms with van der Waals surface area (Å²) in [5.74, 6) is 1.23. The number of unbranched alkanes of at least 4 members (excludes halogenated alkanes) is 11. The zero-order valence-electron chi connectivity index (χ0n) is 14.4. The van der Waals surface area contributed by atoms with Gasteiger partial charge in [-0.2, -0.15) is 0 Å². The smallest absolute Gasteiger partial charge is 0.108 e. The van der Waals surface area contributed by atoms with Crippen LogP contribution in [-0.4, -0.2) is 9.55 Å². The second-order valence-corrected chi connectivity index (χ2v) is 6.28. The van der Waals surface area contributed by atoms with Gasteiger partial charge in [-0.25, -0.2) is 4.98 Å². The van der Waals surface area contributed by atoms with Crippen molar-refractivity contribution < 1.29 is 0 Å². The van der Waals surface area contributed by atoms with Crippen molar-refractivity contribution in [3.05, 3.63) is 18.2 Å². The van der Waals surface area contributed by atoms with E-state index in [9.17, 15) is 0 Å². The summed E-state index contributed by atoms with van der Waals surface area (Å²) in [5, 5.41) is 0. The molecule has 1 aromatic rings. The minimum absolute atomic E-state index is 1.05. The molecule has 0 N–H and O–H groups in total. The second kappa shape index (κ2) is 12.9. The molecule has 1 aromatic heterocycles. The Labute approximate surface area is 132 Å². The van der Waals surface area contributed by atoms with Gasteiger partial charge in [0.25, 0.3) is 0 Å². The number of rotatable bonds is 14. The van der Waals surface area contributed by atoms with Gasteiger partial charge in [0.05, 0.1) is 0 Å². The number of hydrogen-bond acceptors (Lipinski definition) is 1. The van der Waals surface area contributed by atoms with Crippen LogP contribution in [0.4, 0.5) is 0 Å². The number of hydrogen-bond donors (Lipinski definition) is 0. The van der Waals surface area contributed by atoms with Crippen molar-refractivity contribution in [2.75, 3.05) is 0 Å². The molecule has 2 nitrogen and oxygen atoms in total. The maximum absolute atomic E-state index is 4.37. The van der Waals surface area contributed by atoms with E-state index in [-0.39, 0.29) is 0 Å². The first-order valence-electron chi connectivity index (χ1n) is 9.38. The molecule has 122 valence electrons. The summed E-state index contributed by atoms with van der Waals surface area (Å²) in [5.41, 5.74) is 0. The SMILES string of the molecule is CCCCCCCCCCCCCCn1ccnc1CC. The van der Waals surface area contributed by atoms with Gasteiger partial charge in [-0.05, 0) is 6.42 Å². The molecule has 0 fully saturated rings. The molecule has 0 atom stereocenters. The highest BCUT2D eigenvalue weighted by atomic mass is 15.1. The van der Waals surface area contributed by atoms with E-state index in [4.69, 9.17) is 0 Å². The van der Waals surface area contributed by atoms with Crippen LogP contribution < -0.4 is 0 Å². The summed E-state index contributed by atoms with van der Waals surface area (Å²) in [7, 11) is 0. The zero-order chi connectivity index (χ0) is 15.2. The molecule has 1 heterocycles. The Hall–Kier alpha value is -0.790. The molecular formula is C19H36N2. The Morgan fingerprint density at radius 3 is 1.81 bits per heavy atom. The average molecular weight is 293 g/mol. The summed E-state index contributed by atoms with van der Waals surface area (Å²) >= 11 is 0. The lowest BCUT2D eigenvalue weighted by Crippen LogP contribution is -2.01. The molecule has 0 saturated heterocycles. The summed E-state index contributed by atoms with van der Waals surface area (Å²) in [6, 6.07) is 0. The third-order valence-corrected chi connectivity index (χ3v) is 4.37. The first-order valence-corrected chi connectivity index (χ1v) is 9.38. The molecule has 0 aromatic carbocycles. The van der Waals surface area contributed by atoms with Crippen LogP contribution in [0.25, 0.3) is 0 Å². The molecule has 0 aliphatic rings. The Morgan fingerprint density at radius 2 is 1.29 bits per heavy atom. The van der Waals surface area contributed by atoms with Gasteiger partial charge in [-0.15, -0.1) is 0 Å². The molecule has 0 aliphatic heterocycles. The van der Waals surface area contributed by atoms with Crippen molar-refractivity contribution in [1.82, 2.24) is 9.55 Å². The molecule has 0 radical (unpaired) electrons. The van der Waals surface area contributed by atoms with E-state index >= 15 is 0 Å². The number of aromatic nitrogens is 2. The van der Waals surface area contributed by atoms with Crippen LogP contribution in [0.2, 0.25) is 0 Å². The highest BCUT2D eigenvalue weighted by Crippen LogP contribution is 2.12. The van der Waals surface area contributed by atoms with Crippen molar-refractivity contribution in [2.45, 2.75) is 104 Å². The minimum atomic E-state index is 1.05. The maximum Gasteiger partial charge on any atom is 0.108 e. The fourth-order valence-corrected chi connectivity index (χ4v) is 2.98. The van der Waals surface area contributed by atoms with E-state index < -0.39 is 0 Å². The maximum atomic E-state index is 4.37. The third-order valence-electron chi connectivity index (χ3n) is 4.37. The third kappa shape index (κ3) is 8.95. The van der Waals surface area contributed by atoms with Crippen molar-refractivity contribution in [3.8, 4) is 0 Å². The standard InChI is InChI=1S/C19H36N2/c1-3-5-6-7-8-9-10-11-12-13-14-15-17-21-18-16-20-19(21)4-2/h16,18H,3-15,17H2,1-2H3. The van der Waals surface area contributed by atoms with E-state index in [1.807, 2.05) is 6.20 Å². The van der Waals surface area contributed by atoms with Crippen LogP contribution in [0.1, 0.15) is 96.7 Å². The van der Waals surface area contributed by atoms with E-state index in [1.54, 1.807) is 0 Å². The van der Waals surface area contributed by atoms with Crippen LogP contribution in [-0.2, 0) is 13.0 Å². The quantitative estimate of drug-likeness (QED) is 0.376. The zero-order valence-corrected chi connectivity index (χ0v) is 14.4. The van der Waals surface area contributed by atoms with Gasteiger partial charge in [-0.3, -0.25) is 0 Å². The second-order valence-electron chi connectivity index (χ2n) is 6.28. The fraction of sp³-hybridized carbons (Fsp3) is 0.842. The molecule has 2 heteroatoms. The lowest BCUT2D eigenvalue weighted by atomic mass is 10.1. The molecule has 0 unspecified atom stereocenters. The van der Waals surface area contributed by atoms with Crippen LogP contribution >= 0.6 is 0 Å². The summed E-state index contributed by atoms with van der Waals surface area (Å²) < 4.78 is 2.32. The molecule has 0 bridgehead atoms. The van der Waals surface area contributed by atoms with Crippen LogP contribution in [0.3, 0.4) is 0 Å². The lowest BCUT2D eigenvalue weighted by molar-refractivity contribution is 0.524. The highest BCUT2D eigenvalue weighted by Gasteiger charge is 1.99. The molecule has 0 spiro atoms. The number of nitrogens with zero attached hydrogens (tertiary/aromatic N) is 2. The van der Waals surface area contributed by atoms with Crippen LogP contribution in [0, 0.1) is 0 Å². The van der Waals surface area contributed by atoms with Gasteiger partial charge in [0.15, 0.2) is 0 Å². The highest BCUT2D eigenvalue weighted by molar-refractivity contribution is 4.91. The van der Waals surface area contributed by atoms with Gasteiger partial charge in [0.1, 0.15) is 5.82 Å². The predicted octanol–water partition coefficient (Wildman–Crippen LogP) is 6.15. The van der Waals surface area contributed by atoms with Gasteiger partial charge in [-0.1, -0.05) is 84.5 Å². The minimum Gasteiger partial charge on any atom is -0.335 e. The average Bonchev–Trinajstić information content (AvgIpc) is 2.96. The summed E-state index contributed by atoms with van der Waals surface area (Å²) in [6.45, 7) is 5.62. The van der Waals surface area contributed by atoms with Crippen molar-refractivity contribution in [3.63, 3.8) is 0 Å². The van der Waals surface area contributed by atoms with E-state index in [0.29, 0.717) is 0 Å². The van der Waals surface area contributed by atoms with E-state index in [1.165, 1.54) is 82.9 Å². The topological polar surface area (TPSA) is 17.8 Å². The Morgan fingerprint density at radius 1 is 0.762 bits per heavy atom. The molecular weight excluding hydrogens is 256 g/mol. The molecule has 21 heavy (non-hydrogen) atoms. The largest absolute Gasteiger partial charge is 0.335 e. The Kier molecular flexibility index (Phi) is 11.2. The monoisotopic (exact) mass is 292 g/mol. The normalized spacial score (nSPS) is 11.1. The Balaban J connectivity index is 1.83. The van der Waals surface area contributed by atoms with Gasteiger partial charge in [0, 0.05) is 25.4 Å². The van der Waals surface area contributed by atoms with Crippen molar-refractivity contribution >= 4 is 0 Å². The van der Waals surface area contributed by atoms with Gasteiger partial charge < -0.3 is 4.57 Å². The summed E-state index contributed by atoms with van der Waals surface area (Å²) in [4.78, 5) is 4.37. The molecule has 1 rings (SSSR count). The molecule has 0 saturated carbocycles. The Bertz CT molecular complexity index is 330. The molecule has 0 aliphatic carbocycles. The van der Waals surface area contributed by atoms with E-state index in [2.05, 4.69) is 29.6 Å². The molecule has 0 amide bonds. The first-order chi connectivity index (χ1) is 10.4. The van der Waals surface area contributed by atoms with Gasteiger partial charge >= 0.3 is 0 Å². The lowest BCUT2D eigenvalue weighted by Gasteiger charge is -2.06.